The highest BCUT2D eigenvalue weighted by Gasteiger charge is 2.16. The molecule has 1 amide bonds. The number of aryl methyl sites for hydroxylation is 2. The Morgan fingerprint density at radius 3 is 2.76 bits per heavy atom. The lowest BCUT2D eigenvalue weighted by atomic mass is 10.2. The van der Waals surface area contributed by atoms with Crippen LogP contribution < -0.4 is 5.32 Å². The first-order valence-electron chi connectivity index (χ1n) is 5.93. The van der Waals surface area contributed by atoms with E-state index in [0.29, 0.717) is 18.7 Å². The van der Waals surface area contributed by atoms with Gasteiger partial charge in [-0.25, -0.2) is 0 Å². The van der Waals surface area contributed by atoms with Crippen LogP contribution >= 0.6 is 0 Å². The zero-order valence-electron chi connectivity index (χ0n) is 10.5. The number of carbonyl (C=O) groups is 1. The van der Waals surface area contributed by atoms with Gasteiger partial charge in [0.1, 0.15) is 11.7 Å². The van der Waals surface area contributed by atoms with Gasteiger partial charge in [-0.15, -0.1) is 0 Å². The third-order valence-electron chi connectivity index (χ3n) is 2.59. The molecule has 1 aromatic rings. The largest absolute Gasteiger partial charge is 0.335 e. The van der Waals surface area contributed by atoms with Crippen molar-refractivity contribution < 1.29 is 4.79 Å². The van der Waals surface area contributed by atoms with Gasteiger partial charge in [0, 0.05) is 6.54 Å². The van der Waals surface area contributed by atoms with Gasteiger partial charge in [0.2, 0.25) is 0 Å². The van der Waals surface area contributed by atoms with Gasteiger partial charge in [0.15, 0.2) is 0 Å². The molecular weight excluding hydrogens is 216 g/mol. The molecule has 1 heterocycles. The predicted octanol–water partition coefficient (Wildman–Crippen LogP) is 1.50. The fraction of sp³-hybridized carbons (Fsp3) is 0.583. The number of nitrogens with one attached hydrogen (secondary N) is 1. The molecule has 0 spiro atoms. The van der Waals surface area contributed by atoms with Gasteiger partial charge < -0.3 is 5.32 Å². The maximum Gasteiger partial charge on any atom is 0.270 e. The molecule has 5 nitrogen and oxygen atoms in total. The van der Waals surface area contributed by atoms with Crippen LogP contribution in [0.15, 0.2) is 6.07 Å². The first-order valence-corrected chi connectivity index (χ1v) is 5.93. The van der Waals surface area contributed by atoms with E-state index in [9.17, 15) is 4.79 Å². The van der Waals surface area contributed by atoms with Crippen LogP contribution in [0.3, 0.4) is 0 Å². The average Bonchev–Trinajstić information content (AvgIpc) is 2.78. The molecule has 0 aliphatic rings. The first kappa shape index (κ1) is 13.2. The second kappa shape index (κ2) is 6.04. The third kappa shape index (κ3) is 3.06. The third-order valence-corrected chi connectivity index (χ3v) is 2.59. The summed E-state index contributed by atoms with van der Waals surface area (Å²) in [5.41, 5.74) is 1.42. The number of rotatable bonds is 5. The highest BCUT2D eigenvalue weighted by molar-refractivity contribution is 5.93. The maximum atomic E-state index is 12.0. The van der Waals surface area contributed by atoms with E-state index >= 15 is 0 Å². The number of hydrogen-bond acceptors (Lipinski definition) is 3. The first-order chi connectivity index (χ1) is 8.15. The predicted molar refractivity (Wildman–Crippen MR) is 64.4 cm³/mol. The molecule has 0 radical (unpaired) electrons. The number of carbonyl (C=O) groups excluding carboxylic acids is 1. The fourth-order valence-electron chi connectivity index (χ4n) is 1.52. The van der Waals surface area contributed by atoms with Crippen LogP contribution in [0.2, 0.25) is 0 Å². The fourth-order valence-corrected chi connectivity index (χ4v) is 1.52. The SMILES string of the molecule is CCc1cc(C(=O)NC(C#N)CC)n(CC)n1. The van der Waals surface area contributed by atoms with Crippen LogP contribution in [-0.4, -0.2) is 21.7 Å². The van der Waals surface area contributed by atoms with Crippen molar-refractivity contribution in [3.63, 3.8) is 0 Å². The Morgan fingerprint density at radius 2 is 2.29 bits per heavy atom. The van der Waals surface area contributed by atoms with E-state index in [4.69, 9.17) is 5.26 Å². The van der Waals surface area contributed by atoms with Crippen molar-refractivity contribution in [2.75, 3.05) is 0 Å². The Balaban J connectivity index is 2.88. The Bertz CT molecular complexity index is 430. The number of amides is 1. The summed E-state index contributed by atoms with van der Waals surface area (Å²) in [5.74, 6) is -0.229. The molecule has 0 saturated carbocycles. The summed E-state index contributed by atoms with van der Waals surface area (Å²) in [6.45, 7) is 6.44. The molecule has 0 aliphatic heterocycles. The highest BCUT2D eigenvalue weighted by atomic mass is 16.2. The monoisotopic (exact) mass is 234 g/mol. The highest BCUT2D eigenvalue weighted by Crippen LogP contribution is 2.06. The molecule has 0 bridgehead atoms. The Hall–Kier alpha value is -1.83. The second-order valence-corrected chi connectivity index (χ2v) is 3.75. The van der Waals surface area contributed by atoms with Gasteiger partial charge in [-0.2, -0.15) is 10.4 Å². The molecule has 1 atom stereocenters. The second-order valence-electron chi connectivity index (χ2n) is 3.75. The van der Waals surface area contributed by atoms with Crippen LogP contribution in [0.4, 0.5) is 0 Å². The van der Waals surface area contributed by atoms with E-state index in [1.807, 2.05) is 26.8 Å². The lowest BCUT2D eigenvalue weighted by Gasteiger charge is -2.09. The number of nitriles is 1. The smallest absolute Gasteiger partial charge is 0.270 e. The molecule has 92 valence electrons. The van der Waals surface area contributed by atoms with E-state index in [0.717, 1.165) is 12.1 Å². The van der Waals surface area contributed by atoms with E-state index in [-0.39, 0.29) is 5.91 Å². The van der Waals surface area contributed by atoms with Gasteiger partial charge >= 0.3 is 0 Å². The van der Waals surface area contributed by atoms with E-state index in [1.165, 1.54) is 0 Å². The van der Waals surface area contributed by atoms with Crippen molar-refractivity contribution in [1.29, 1.82) is 5.26 Å². The van der Waals surface area contributed by atoms with Crippen molar-refractivity contribution in [2.24, 2.45) is 0 Å². The van der Waals surface area contributed by atoms with Crippen molar-refractivity contribution in [3.8, 4) is 6.07 Å². The minimum atomic E-state index is -0.437. The summed E-state index contributed by atoms with van der Waals surface area (Å²) in [4.78, 5) is 12.0. The number of nitrogens with zero attached hydrogens (tertiary/aromatic N) is 3. The molecule has 0 aliphatic carbocycles. The van der Waals surface area contributed by atoms with Crippen LogP contribution in [0.25, 0.3) is 0 Å². The van der Waals surface area contributed by atoms with Gasteiger partial charge in [-0.05, 0) is 25.8 Å². The average molecular weight is 234 g/mol. The minimum Gasteiger partial charge on any atom is -0.335 e. The topological polar surface area (TPSA) is 70.7 Å². The summed E-state index contributed by atoms with van der Waals surface area (Å²) >= 11 is 0. The number of hydrogen-bond donors (Lipinski definition) is 1. The van der Waals surface area contributed by atoms with Gasteiger partial charge in [-0.1, -0.05) is 13.8 Å². The van der Waals surface area contributed by atoms with Crippen LogP contribution in [-0.2, 0) is 13.0 Å². The lowest BCUT2D eigenvalue weighted by Crippen LogP contribution is -2.34. The Labute approximate surface area is 101 Å². The normalized spacial score (nSPS) is 11.9. The standard InChI is InChI=1S/C12H18N4O/c1-4-9-7-11(16(6-3)15-9)12(17)14-10(5-2)8-13/h7,10H,4-6H2,1-3H3,(H,14,17). The summed E-state index contributed by atoms with van der Waals surface area (Å²) in [5, 5.41) is 15.8. The molecule has 1 N–H and O–H groups in total. The summed E-state index contributed by atoms with van der Waals surface area (Å²) in [6, 6.07) is 3.39. The van der Waals surface area contributed by atoms with Crippen molar-refractivity contribution in [1.82, 2.24) is 15.1 Å². The summed E-state index contributed by atoms with van der Waals surface area (Å²) < 4.78 is 1.66. The number of aromatic nitrogens is 2. The quantitative estimate of drug-likeness (QED) is 0.839. The zero-order chi connectivity index (χ0) is 12.8. The van der Waals surface area contributed by atoms with Crippen molar-refractivity contribution in [2.45, 2.75) is 46.2 Å². The molecular formula is C12H18N4O. The van der Waals surface area contributed by atoms with Crippen LogP contribution in [0, 0.1) is 11.3 Å². The van der Waals surface area contributed by atoms with Crippen LogP contribution in [0.5, 0.6) is 0 Å². The van der Waals surface area contributed by atoms with Crippen molar-refractivity contribution >= 4 is 5.91 Å². The summed E-state index contributed by atoms with van der Waals surface area (Å²) in [7, 11) is 0. The Morgan fingerprint density at radius 1 is 1.59 bits per heavy atom. The van der Waals surface area contributed by atoms with Gasteiger partial charge in [0.05, 0.1) is 11.8 Å². The van der Waals surface area contributed by atoms with E-state index < -0.39 is 6.04 Å². The van der Waals surface area contributed by atoms with Gasteiger partial charge in [0.25, 0.3) is 5.91 Å². The lowest BCUT2D eigenvalue weighted by molar-refractivity contribution is 0.0934. The molecule has 0 fully saturated rings. The molecule has 5 heteroatoms. The zero-order valence-corrected chi connectivity index (χ0v) is 10.5. The van der Waals surface area contributed by atoms with Crippen LogP contribution in [0.1, 0.15) is 43.4 Å². The molecule has 1 unspecified atom stereocenters. The molecule has 0 saturated heterocycles. The molecule has 0 aromatic carbocycles. The molecule has 1 rings (SSSR count). The summed E-state index contributed by atoms with van der Waals surface area (Å²) in [6.07, 6.45) is 1.39. The van der Waals surface area contributed by atoms with Crippen molar-refractivity contribution in [3.05, 3.63) is 17.5 Å². The van der Waals surface area contributed by atoms with Gasteiger partial charge in [-0.3, -0.25) is 9.48 Å². The molecule has 17 heavy (non-hydrogen) atoms. The van der Waals surface area contributed by atoms with E-state index in [1.54, 1.807) is 10.7 Å². The Kier molecular flexibility index (Phi) is 4.70. The minimum absolute atomic E-state index is 0.229. The van der Waals surface area contributed by atoms with E-state index in [2.05, 4.69) is 10.4 Å². The molecule has 1 aromatic heterocycles. The maximum absolute atomic E-state index is 12.0.